The van der Waals surface area contributed by atoms with Crippen molar-refractivity contribution >= 4 is 5.91 Å². The number of carbonyl (C=O) groups is 1. The van der Waals surface area contributed by atoms with Crippen LogP contribution in [0, 0.1) is 5.41 Å². The van der Waals surface area contributed by atoms with Gasteiger partial charge in [0, 0.05) is 24.5 Å². The fourth-order valence-electron chi connectivity index (χ4n) is 3.64. The van der Waals surface area contributed by atoms with E-state index in [2.05, 4.69) is 24.1 Å². The van der Waals surface area contributed by atoms with Crippen molar-refractivity contribution in [3.05, 3.63) is 0 Å². The molecule has 0 bridgehead atoms. The first-order valence-electron chi connectivity index (χ1n) is 8.18. The van der Waals surface area contributed by atoms with Gasteiger partial charge in [-0.25, -0.2) is 0 Å². The number of piperidine rings is 1. The van der Waals surface area contributed by atoms with Gasteiger partial charge in [0.1, 0.15) is 0 Å². The van der Waals surface area contributed by atoms with Crippen LogP contribution in [0.5, 0.6) is 0 Å². The molecule has 1 N–H and O–H groups in total. The maximum absolute atomic E-state index is 12.8. The molecule has 1 unspecified atom stereocenters. The van der Waals surface area contributed by atoms with Crippen LogP contribution in [0.25, 0.3) is 0 Å². The van der Waals surface area contributed by atoms with Crippen LogP contribution in [0.15, 0.2) is 0 Å². The summed E-state index contributed by atoms with van der Waals surface area (Å²) in [5.41, 5.74) is -0.0656. The zero-order valence-electron chi connectivity index (χ0n) is 12.7. The lowest BCUT2D eigenvalue weighted by Crippen LogP contribution is -2.49. The Bertz CT molecular complexity index is 291. The quantitative estimate of drug-likeness (QED) is 0.830. The number of hydrogen-bond acceptors (Lipinski definition) is 2. The molecule has 1 aliphatic heterocycles. The van der Waals surface area contributed by atoms with Crippen LogP contribution in [0.1, 0.15) is 65.2 Å². The number of rotatable bonds is 5. The fraction of sp³-hybridized carbons (Fsp3) is 0.938. The average Bonchev–Trinajstić information content (AvgIpc) is 2.87. The Morgan fingerprint density at radius 2 is 2.00 bits per heavy atom. The number of amides is 1. The lowest BCUT2D eigenvalue weighted by atomic mass is 9.86. The van der Waals surface area contributed by atoms with Crippen molar-refractivity contribution < 1.29 is 4.79 Å². The van der Waals surface area contributed by atoms with E-state index in [1.807, 2.05) is 0 Å². The van der Waals surface area contributed by atoms with Crippen molar-refractivity contribution in [2.75, 3.05) is 19.6 Å². The molecule has 1 aliphatic carbocycles. The van der Waals surface area contributed by atoms with Crippen LogP contribution in [0.2, 0.25) is 0 Å². The Kier molecular flexibility index (Phi) is 5.26. The van der Waals surface area contributed by atoms with Gasteiger partial charge < -0.3 is 10.2 Å². The highest BCUT2D eigenvalue weighted by molar-refractivity contribution is 5.82. The average molecular weight is 266 g/mol. The van der Waals surface area contributed by atoms with Gasteiger partial charge in [0.25, 0.3) is 0 Å². The van der Waals surface area contributed by atoms with Gasteiger partial charge in [0.05, 0.1) is 0 Å². The third kappa shape index (κ3) is 3.71. The second-order valence-corrected chi connectivity index (χ2v) is 6.67. The summed E-state index contributed by atoms with van der Waals surface area (Å²) in [6, 6.07) is 0.522. The van der Waals surface area contributed by atoms with Crippen LogP contribution in [-0.4, -0.2) is 36.5 Å². The van der Waals surface area contributed by atoms with Crippen molar-refractivity contribution in [2.24, 2.45) is 5.41 Å². The Morgan fingerprint density at radius 1 is 1.26 bits per heavy atom. The number of hydrogen-bond donors (Lipinski definition) is 1. The van der Waals surface area contributed by atoms with Gasteiger partial charge in [-0.1, -0.05) is 33.1 Å². The maximum atomic E-state index is 12.8. The van der Waals surface area contributed by atoms with Gasteiger partial charge in [0.15, 0.2) is 0 Å². The summed E-state index contributed by atoms with van der Waals surface area (Å²) in [6.07, 6.45) is 9.51. The van der Waals surface area contributed by atoms with E-state index in [9.17, 15) is 4.79 Å². The van der Waals surface area contributed by atoms with E-state index in [1.165, 1.54) is 32.1 Å². The first-order chi connectivity index (χ1) is 9.15. The van der Waals surface area contributed by atoms with Gasteiger partial charge in [-0.15, -0.1) is 0 Å². The molecule has 0 aromatic heterocycles. The molecule has 0 radical (unpaired) electrons. The Hall–Kier alpha value is -0.570. The number of nitrogens with zero attached hydrogens (tertiary/aromatic N) is 1. The molecule has 1 amide bonds. The summed E-state index contributed by atoms with van der Waals surface area (Å²) < 4.78 is 0. The van der Waals surface area contributed by atoms with E-state index in [4.69, 9.17) is 0 Å². The van der Waals surface area contributed by atoms with E-state index >= 15 is 0 Å². The lowest BCUT2D eigenvalue weighted by molar-refractivity contribution is -0.141. The lowest BCUT2D eigenvalue weighted by Gasteiger charge is -2.35. The number of carbonyl (C=O) groups excluding carboxylic acids is 1. The molecule has 0 aromatic rings. The van der Waals surface area contributed by atoms with Crippen LogP contribution in [0.3, 0.4) is 0 Å². The molecule has 2 fully saturated rings. The molecule has 2 aliphatic rings. The summed E-state index contributed by atoms with van der Waals surface area (Å²) in [7, 11) is 0. The molecule has 1 saturated carbocycles. The van der Waals surface area contributed by atoms with Crippen molar-refractivity contribution in [3.63, 3.8) is 0 Å². The first-order valence-corrected chi connectivity index (χ1v) is 8.18. The second kappa shape index (κ2) is 6.74. The van der Waals surface area contributed by atoms with Gasteiger partial charge in [-0.2, -0.15) is 0 Å². The number of nitrogens with one attached hydrogen (secondary N) is 1. The molecule has 0 spiro atoms. The summed E-state index contributed by atoms with van der Waals surface area (Å²) in [5.74, 6) is 0.416. The SMILES string of the molecule is CCCN(CC1CCCCN1)C(=O)C1(C)CCCC1. The van der Waals surface area contributed by atoms with Crippen molar-refractivity contribution in [3.8, 4) is 0 Å². The zero-order valence-corrected chi connectivity index (χ0v) is 12.7. The molecular formula is C16H30N2O. The van der Waals surface area contributed by atoms with E-state index in [0.29, 0.717) is 11.9 Å². The molecule has 1 heterocycles. The van der Waals surface area contributed by atoms with Crippen molar-refractivity contribution in [1.82, 2.24) is 10.2 Å². The topological polar surface area (TPSA) is 32.3 Å². The highest BCUT2D eigenvalue weighted by Crippen LogP contribution is 2.39. The van der Waals surface area contributed by atoms with E-state index in [1.54, 1.807) is 0 Å². The van der Waals surface area contributed by atoms with Crippen molar-refractivity contribution in [2.45, 2.75) is 71.3 Å². The molecule has 2 rings (SSSR count). The molecule has 0 aromatic carbocycles. The van der Waals surface area contributed by atoms with Crippen LogP contribution >= 0.6 is 0 Å². The Balaban J connectivity index is 1.95. The van der Waals surface area contributed by atoms with Crippen molar-refractivity contribution in [1.29, 1.82) is 0 Å². The first kappa shape index (κ1) is 14.8. The van der Waals surface area contributed by atoms with E-state index in [0.717, 1.165) is 38.9 Å². The van der Waals surface area contributed by atoms with Gasteiger partial charge in [-0.05, 0) is 38.6 Å². The predicted octanol–water partition coefficient (Wildman–Crippen LogP) is 2.95. The molecule has 3 nitrogen and oxygen atoms in total. The van der Waals surface area contributed by atoms with Gasteiger partial charge >= 0.3 is 0 Å². The standard InChI is InChI=1S/C16H30N2O/c1-3-12-18(13-14-8-4-7-11-17-14)15(19)16(2)9-5-6-10-16/h14,17H,3-13H2,1-2H3. The summed E-state index contributed by atoms with van der Waals surface area (Å²) in [4.78, 5) is 15.0. The predicted molar refractivity (Wildman–Crippen MR) is 79.1 cm³/mol. The third-order valence-electron chi connectivity index (χ3n) is 4.86. The summed E-state index contributed by atoms with van der Waals surface area (Å²) >= 11 is 0. The largest absolute Gasteiger partial charge is 0.341 e. The molecular weight excluding hydrogens is 236 g/mol. The van der Waals surface area contributed by atoms with Crippen LogP contribution in [0.4, 0.5) is 0 Å². The Morgan fingerprint density at radius 3 is 2.58 bits per heavy atom. The van der Waals surface area contributed by atoms with E-state index in [-0.39, 0.29) is 5.41 Å². The third-order valence-corrected chi connectivity index (χ3v) is 4.86. The summed E-state index contributed by atoms with van der Waals surface area (Å²) in [5, 5.41) is 3.57. The molecule has 1 saturated heterocycles. The Labute approximate surface area is 118 Å². The monoisotopic (exact) mass is 266 g/mol. The minimum atomic E-state index is -0.0656. The minimum absolute atomic E-state index is 0.0656. The molecule has 19 heavy (non-hydrogen) atoms. The fourth-order valence-corrected chi connectivity index (χ4v) is 3.64. The van der Waals surface area contributed by atoms with E-state index < -0.39 is 0 Å². The zero-order chi connectivity index (χ0) is 13.7. The van der Waals surface area contributed by atoms with Gasteiger partial charge in [0.2, 0.25) is 5.91 Å². The van der Waals surface area contributed by atoms with Crippen LogP contribution in [-0.2, 0) is 4.79 Å². The highest BCUT2D eigenvalue weighted by atomic mass is 16.2. The van der Waals surface area contributed by atoms with Crippen LogP contribution < -0.4 is 5.32 Å². The summed E-state index contributed by atoms with van der Waals surface area (Å²) in [6.45, 7) is 7.32. The molecule has 1 atom stereocenters. The molecule has 3 heteroatoms. The normalized spacial score (nSPS) is 26.3. The smallest absolute Gasteiger partial charge is 0.228 e. The second-order valence-electron chi connectivity index (χ2n) is 6.67. The highest BCUT2D eigenvalue weighted by Gasteiger charge is 2.39. The van der Waals surface area contributed by atoms with Gasteiger partial charge in [-0.3, -0.25) is 4.79 Å². The maximum Gasteiger partial charge on any atom is 0.228 e. The molecule has 110 valence electrons. The minimum Gasteiger partial charge on any atom is -0.341 e.